The van der Waals surface area contributed by atoms with Crippen LogP contribution in [0.25, 0.3) is 0 Å². The first-order valence-electron chi connectivity index (χ1n) is 6.56. The Morgan fingerprint density at radius 2 is 1.95 bits per heavy atom. The highest BCUT2D eigenvalue weighted by Gasteiger charge is 2.20. The van der Waals surface area contributed by atoms with Crippen LogP contribution in [0, 0.1) is 0 Å². The van der Waals surface area contributed by atoms with Crippen molar-refractivity contribution < 1.29 is 19.3 Å². The maximum atomic E-state index is 9.05. The summed E-state index contributed by atoms with van der Waals surface area (Å²) in [6.45, 7) is 0.817. The summed E-state index contributed by atoms with van der Waals surface area (Å²) in [4.78, 5) is 0. The van der Waals surface area contributed by atoms with Gasteiger partial charge < -0.3 is 19.3 Å². The van der Waals surface area contributed by atoms with Gasteiger partial charge in [0.05, 0.1) is 6.61 Å². The highest BCUT2D eigenvalue weighted by molar-refractivity contribution is 5.46. The van der Waals surface area contributed by atoms with Gasteiger partial charge in [-0.2, -0.15) is 0 Å². The molecule has 0 spiro atoms. The van der Waals surface area contributed by atoms with Crippen molar-refractivity contribution in [2.75, 3.05) is 13.2 Å². The van der Waals surface area contributed by atoms with Crippen LogP contribution in [0.3, 0.4) is 0 Å². The first kappa shape index (κ1) is 12.8. The molecular weight excluding hydrogens is 256 g/mol. The number of benzene rings is 2. The number of rotatable bonds is 4. The maximum absolute atomic E-state index is 9.05. The third-order valence-corrected chi connectivity index (χ3v) is 3.09. The Balaban J connectivity index is 1.67. The van der Waals surface area contributed by atoms with E-state index in [4.69, 9.17) is 19.3 Å². The zero-order valence-corrected chi connectivity index (χ0v) is 11.0. The number of hydrogen-bond acceptors (Lipinski definition) is 4. The summed E-state index contributed by atoms with van der Waals surface area (Å²) in [5.41, 5.74) is 1.11. The van der Waals surface area contributed by atoms with E-state index >= 15 is 0 Å². The van der Waals surface area contributed by atoms with Crippen LogP contribution in [0.1, 0.15) is 5.56 Å². The van der Waals surface area contributed by atoms with E-state index in [1.54, 1.807) is 6.07 Å². The van der Waals surface area contributed by atoms with E-state index in [0.717, 1.165) is 11.3 Å². The van der Waals surface area contributed by atoms with Crippen molar-refractivity contribution in [2.45, 2.75) is 12.7 Å². The minimum Gasteiger partial charge on any atom is -0.489 e. The Morgan fingerprint density at radius 3 is 2.75 bits per heavy atom. The normalized spacial score (nSPS) is 16.8. The lowest BCUT2D eigenvalue weighted by Gasteiger charge is -2.25. The van der Waals surface area contributed by atoms with E-state index < -0.39 is 0 Å². The van der Waals surface area contributed by atoms with Gasteiger partial charge in [-0.05, 0) is 17.7 Å². The van der Waals surface area contributed by atoms with Crippen LogP contribution in [-0.2, 0) is 6.61 Å². The Bertz CT molecular complexity index is 568. The molecular formula is C16H16O4. The molecule has 0 saturated heterocycles. The van der Waals surface area contributed by atoms with Gasteiger partial charge in [0.1, 0.15) is 19.0 Å². The van der Waals surface area contributed by atoms with E-state index in [1.807, 2.05) is 42.5 Å². The quantitative estimate of drug-likeness (QED) is 0.928. The fraction of sp³-hybridized carbons (Fsp3) is 0.250. The molecule has 0 radical (unpaired) electrons. The Hall–Kier alpha value is -2.20. The molecule has 0 fully saturated rings. The molecule has 4 heteroatoms. The molecule has 0 saturated carbocycles. The summed E-state index contributed by atoms with van der Waals surface area (Å²) in [7, 11) is 0. The van der Waals surface area contributed by atoms with Crippen LogP contribution >= 0.6 is 0 Å². The van der Waals surface area contributed by atoms with E-state index in [-0.39, 0.29) is 12.7 Å². The zero-order chi connectivity index (χ0) is 13.8. The van der Waals surface area contributed by atoms with Crippen LogP contribution in [-0.4, -0.2) is 24.4 Å². The van der Waals surface area contributed by atoms with Crippen LogP contribution in [0.15, 0.2) is 48.5 Å². The summed E-state index contributed by atoms with van der Waals surface area (Å²) in [5.74, 6) is 2.03. The molecule has 1 heterocycles. The van der Waals surface area contributed by atoms with Crippen LogP contribution in [0.2, 0.25) is 0 Å². The highest BCUT2D eigenvalue weighted by Crippen LogP contribution is 2.35. The smallest absolute Gasteiger partial charge is 0.165 e. The van der Waals surface area contributed by atoms with Crippen molar-refractivity contribution >= 4 is 0 Å². The van der Waals surface area contributed by atoms with Gasteiger partial charge in [-0.15, -0.1) is 0 Å². The molecule has 0 amide bonds. The lowest BCUT2D eigenvalue weighted by Crippen LogP contribution is -2.32. The number of aliphatic hydroxyl groups excluding tert-OH is 1. The zero-order valence-electron chi connectivity index (χ0n) is 11.0. The summed E-state index contributed by atoms with van der Waals surface area (Å²) in [5, 5.41) is 9.05. The van der Waals surface area contributed by atoms with Gasteiger partial charge in [0, 0.05) is 6.07 Å². The second-order valence-corrected chi connectivity index (χ2v) is 4.62. The van der Waals surface area contributed by atoms with Crippen LogP contribution < -0.4 is 14.2 Å². The van der Waals surface area contributed by atoms with Crippen molar-refractivity contribution in [2.24, 2.45) is 0 Å². The van der Waals surface area contributed by atoms with E-state index in [0.29, 0.717) is 24.7 Å². The minimum atomic E-state index is -0.293. The minimum absolute atomic E-state index is 0.0499. The largest absolute Gasteiger partial charge is 0.489 e. The molecule has 2 aromatic carbocycles. The third-order valence-electron chi connectivity index (χ3n) is 3.09. The van der Waals surface area contributed by atoms with Gasteiger partial charge in [-0.25, -0.2) is 0 Å². The number of aliphatic hydroxyl groups is 1. The molecule has 0 aliphatic carbocycles. The second-order valence-electron chi connectivity index (χ2n) is 4.62. The molecule has 4 nitrogen and oxygen atoms in total. The lowest BCUT2D eigenvalue weighted by atomic mass is 10.2. The number of ether oxygens (including phenoxy) is 3. The van der Waals surface area contributed by atoms with Crippen molar-refractivity contribution in [3.63, 3.8) is 0 Å². The van der Waals surface area contributed by atoms with Gasteiger partial charge in [0.25, 0.3) is 0 Å². The molecule has 3 rings (SSSR count). The van der Waals surface area contributed by atoms with Gasteiger partial charge in [0.15, 0.2) is 17.6 Å². The van der Waals surface area contributed by atoms with E-state index in [9.17, 15) is 0 Å². The first-order valence-corrected chi connectivity index (χ1v) is 6.56. The Kier molecular flexibility index (Phi) is 3.74. The summed E-state index contributed by atoms with van der Waals surface area (Å²) < 4.78 is 16.8. The summed E-state index contributed by atoms with van der Waals surface area (Å²) in [6.07, 6.45) is -0.293. The molecule has 0 aromatic heterocycles. The second kappa shape index (κ2) is 5.84. The highest BCUT2D eigenvalue weighted by atomic mass is 16.6. The molecule has 104 valence electrons. The standard InChI is InChI=1S/C16H16O4/c17-9-14-11-19-16-8-13(6-7-15(16)20-14)18-10-12-4-2-1-3-5-12/h1-8,14,17H,9-11H2/t14-/m1/s1. The fourth-order valence-electron chi connectivity index (χ4n) is 2.02. The van der Waals surface area contributed by atoms with Crippen molar-refractivity contribution in [3.05, 3.63) is 54.1 Å². The van der Waals surface area contributed by atoms with E-state index in [2.05, 4.69) is 0 Å². The van der Waals surface area contributed by atoms with Crippen molar-refractivity contribution in [3.8, 4) is 17.2 Å². The SMILES string of the molecule is OC[C@@H]1COc2cc(OCc3ccccc3)ccc2O1. The predicted octanol–water partition coefficient (Wildman–Crippen LogP) is 2.40. The fourth-order valence-corrected chi connectivity index (χ4v) is 2.02. The maximum Gasteiger partial charge on any atom is 0.165 e. The number of fused-ring (bicyclic) bond motifs is 1. The average molecular weight is 272 g/mol. The Morgan fingerprint density at radius 1 is 1.10 bits per heavy atom. The van der Waals surface area contributed by atoms with E-state index in [1.165, 1.54) is 0 Å². The van der Waals surface area contributed by atoms with Gasteiger partial charge >= 0.3 is 0 Å². The first-order chi connectivity index (χ1) is 9.85. The van der Waals surface area contributed by atoms with Crippen LogP contribution in [0.5, 0.6) is 17.2 Å². The van der Waals surface area contributed by atoms with Gasteiger partial charge in [-0.1, -0.05) is 30.3 Å². The lowest BCUT2D eigenvalue weighted by molar-refractivity contribution is 0.0453. The van der Waals surface area contributed by atoms with Crippen LogP contribution in [0.4, 0.5) is 0 Å². The molecule has 1 aliphatic rings. The molecule has 1 N–H and O–H groups in total. The molecule has 0 bridgehead atoms. The number of hydrogen-bond donors (Lipinski definition) is 1. The summed E-state index contributed by atoms with van der Waals surface area (Å²) in [6, 6.07) is 15.4. The molecule has 2 aromatic rings. The topological polar surface area (TPSA) is 47.9 Å². The molecule has 20 heavy (non-hydrogen) atoms. The predicted molar refractivity (Wildman–Crippen MR) is 74.2 cm³/mol. The molecule has 0 unspecified atom stereocenters. The summed E-state index contributed by atoms with van der Waals surface area (Å²) >= 11 is 0. The molecule has 1 atom stereocenters. The third kappa shape index (κ3) is 2.86. The molecule has 1 aliphatic heterocycles. The van der Waals surface area contributed by atoms with Crippen molar-refractivity contribution in [1.82, 2.24) is 0 Å². The Labute approximate surface area is 117 Å². The van der Waals surface area contributed by atoms with Gasteiger partial charge in [0.2, 0.25) is 0 Å². The average Bonchev–Trinajstić information content (AvgIpc) is 2.53. The van der Waals surface area contributed by atoms with Gasteiger partial charge in [-0.3, -0.25) is 0 Å². The monoisotopic (exact) mass is 272 g/mol. The van der Waals surface area contributed by atoms with Crippen molar-refractivity contribution in [1.29, 1.82) is 0 Å².